The number of rotatable bonds is 3. The van der Waals surface area contributed by atoms with Gasteiger partial charge in [-0.2, -0.15) is 0 Å². The maximum atomic E-state index is 5.62. The molecule has 19 heavy (non-hydrogen) atoms. The van der Waals surface area contributed by atoms with Crippen LogP contribution in [0.1, 0.15) is 18.4 Å². The summed E-state index contributed by atoms with van der Waals surface area (Å²) in [7, 11) is 0. The molecule has 3 heterocycles. The van der Waals surface area contributed by atoms with Crippen LogP contribution in [-0.2, 0) is 11.4 Å². The Kier molecular flexibility index (Phi) is 2.80. The highest BCUT2D eigenvalue weighted by molar-refractivity contribution is 5.90. The van der Waals surface area contributed by atoms with Crippen molar-refractivity contribution in [1.82, 2.24) is 4.90 Å². The van der Waals surface area contributed by atoms with E-state index in [1.807, 2.05) is 18.2 Å². The van der Waals surface area contributed by atoms with Crippen LogP contribution in [0.15, 0.2) is 35.5 Å². The topological polar surface area (TPSA) is 24.8 Å². The van der Waals surface area contributed by atoms with Gasteiger partial charge in [0, 0.05) is 31.5 Å². The highest BCUT2D eigenvalue weighted by atomic mass is 16.6. The van der Waals surface area contributed by atoms with Crippen molar-refractivity contribution in [2.75, 3.05) is 19.6 Å². The Labute approximate surface area is 114 Å². The summed E-state index contributed by atoms with van der Waals surface area (Å²) in [6, 6.07) is 10.3. The summed E-state index contributed by atoms with van der Waals surface area (Å²) >= 11 is 0. The van der Waals surface area contributed by atoms with E-state index in [2.05, 4.69) is 22.2 Å². The lowest BCUT2D eigenvalue weighted by molar-refractivity contribution is 0.0470. The molecule has 5 rings (SSSR count). The van der Waals surface area contributed by atoms with Crippen LogP contribution in [0.25, 0.3) is 0 Å². The first-order valence-corrected chi connectivity index (χ1v) is 7.34. The quantitative estimate of drug-likeness (QED) is 0.776. The molecule has 4 bridgehead atoms. The molecule has 100 valence electrons. The van der Waals surface area contributed by atoms with Gasteiger partial charge in [0.15, 0.2) is 0 Å². The van der Waals surface area contributed by atoms with Crippen molar-refractivity contribution >= 4 is 5.71 Å². The van der Waals surface area contributed by atoms with Crippen LogP contribution < -0.4 is 0 Å². The molecule has 1 aromatic carbocycles. The molecule has 4 aliphatic rings. The first-order chi connectivity index (χ1) is 9.38. The molecule has 0 N–H and O–H groups in total. The fraction of sp³-hybridized carbons (Fsp3) is 0.562. The van der Waals surface area contributed by atoms with Gasteiger partial charge in [-0.05, 0) is 24.3 Å². The number of nitrogens with zero attached hydrogens (tertiary/aromatic N) is 2. The average molecular weight is 256 g/mol. The summed E-state index contributed by atoms with van der Waals surface area (Å²) in [4.78, 5) is 8.23. The van der Waals surface area contributed by atoms with E-state index in [0.717, 1.165) is 5.92 Å². The lowest BCUT2D eigenvalue weighted by atomic mass is 9.67. The summed E-state index contributed by atoms with van der Waals surface area (Å²) in [5, 5.41) is 4.51. The Morgan fingerprint density at radius 1 is 1.05 bits per heavy atom. The molecule has 1 saturated carbocycles. The lowest BCUT2D eigenvalue weighted by Crippen LogP contribution is -2.58. The fourth-order valence-electron chi connectivity index (χ4n) is 4.08. The molecule has 2 unspecified atom stereocenters. The van der Waals surface area contributed by atoms with E-state index in [9.17, 15) is 0 Å². The van der Waals surface area contributed by atoms with Gasteiger partial charge in [0.05, 0.1) is 5.71 Å². The van der Waals surface area contributed by atoms with Crippen LogP contribution in [0, 0.1) is 17.8 Å². The van der Waals surface area contributed by atoms with Gasteiger partial charge in [-0.1, -0.05) is 35.5 Å². The van der Waals surface area contributed by atoms with Gasteiger partial charge in [-0.15, -0.1) is 0 Å². The Bertz CT molecular complexity index is 453. The minimum Gasteiger partial charge on any atom is -0.391 e. The average Bonchev–Trinajstić information content (AvgIpc) is 2.42. The molecule has 0 spiro atoms. The third-order valence-corrected chi connectivity index (χ3v) is 4.79. The fourth-order valence-corrected chi connectivity index (χ4v) is 4.08. The van der Waals surface area contributed by atoms with Crippen molar-refractivity contribution < 1.29 is 4.84 Å². The molecule has 0 amide bonds. The van der Waals surface area contributed by atoms with Crippen LogP contribution in [0.4, 0.5) is 0 Å². The van der Waals surface area contributed by atoms with Gasteiger partial charge >= 0.3 is 0 Å². The van der Waals surface area contributed by atoms with Crippen molar-refractivity contribution in [2.45, 2.75) is 19.4 Å². The molecular weight excluding hydrogens is 236 g/mol. The molecular formula is C16H20N2O. The predicted octanol–water partition coefficient (Wildman–Crippen LogP) is 2.53. The zero-order valence-corrected chi connectivity index (χ0v) is 11.2. The van der Waals surface area contributed by atoms with E-state index in [1.54, 1.807) is 0 Å². The summed E-state index contributed by atoms with van der Waals surface area (Å²) in [5.41, 5.74) is 2.54. The summed E-state index contributed by atoms with van der Waals surface area (Å²) in [6.45, 7) is 4.34. The third kappa shape index (κ3) is 2.16. The molecule has 3 saturated heterocycles. The zero-order chi connectivity index (χ0) is 12.7. The number of hydrogen-bond donors (Lipinski definition) is 0. The third-order valence-electron chi connectivity index (χ3n) is 4.79. The second kappa shape index (κ2) is 4.64. The normalized spacial score (nSPS) is 35.5. The standard InChI is InChI=1S/C16H20N2O/c1-2-4-12(5-3-1)11-19-17-16-14-6-13-7-15(16)10-18(8-13)9-14/h1-5,13-15H,6-11H2. The largest absolute Gasteiger partial charge is 0.391 e. The highest BCUT2D eigenvalue weighted by Gasteiger charge is 2.45. The maximum absolute atomic E-state index is 5.62. The van der Waals surface area contributed by atoms with Gasteiger partial charge in [-0.3, -0.25) is 0 Å². The molecule has 3 nitrogen and oxygen atoms in total. The van der Waals surface area contributed by atoms with Gasteiger partial charge in [0.25, 0.3) is 0 Å². The number of piperidine rings is 3. The molecule has 0 aromatic heterocycles. The van der Waals surface area contributed by atoms with Crippen LogP contribution in [0.5, 0.6) is 0 Å². The minimum atomic E-state index is 0.594. The highest BCUT2D eigenvalue weighted by Crippen LogP contribution is 2.41. The molecule has 3 aliphatic heterocycles. The van der Waals surface area contributed by atoms with Crippen molar-refractivity contribution in [2.24, 2.45) is 22.9 Å². The van der Waals surface area contributed by atoms with Crippen LogP contribution >= 0.6 is 0 Å². The van der Waals surface area contributed by atoms with E-state index in [4.69, 9.17) is 4.84 Å². The number of hydrogen-bond acceptors (Lipinski definition) is 3. The van der Waals surface area contributed by atoms with Crippen molar-refractivity contribution in [3.8, 4) is 0 Å². The van der Waals surface area contributed by atoms with Crippen molar-refractivity contribution in [1.29, 1.82) is 0 Å². The minimum absolute atomic E-state index is 0.594. The second-order valence-corrected chi connectivity index (χ2v) is 6.23. The molecule has 1 aromatic rings. The molecule has 0 radical (unpaired) electrons. The summed E-state index contributed by atoms with van der Waals surface area (Å²) in [5.74, 6) is 2.26. The predicted molar refractivity (Wildman–Crippen MR) is 74.8 cm³/mol. The second-order valence-electron chi connectivity index (χ2n) is 6.23. The summed E-state index contributed by atoms with van der Waals surface area (Å²) in [6.07, 6.45) is 2.67. The number of benzene rings is 1. The van der Waals surface area contributed by atoms with E-state index in [1.165, 1.54) is 43.8 Å². The Morgan fingerprint density at radius 2 is 1.79 bits per heavy atom. The Balaban J connectivity index is 1.43. The van der Waals surface area contributed by atoms with E-state index < -0.39 is 0 Å². The first-order valence-electron chi connectivity index (χ1n) is 7.34. The zero-order valence-electron chi connectivity index (χ0n) is 11.2. The van der Waals surface area contributed by atoms with E-state index in [-0.39, 0.29) is 0 Å². The van der Waals surface area contributed by atoms with E-state index >= 15 is 0 Å². The van der Waals surface area contributed by atoms with Crippen molar-refractivity contribution in [3.63, 3.8) is 0 Å². The van der Waals surface area contributed by atoms with Gasteiger partial charge in [-0.25, -0.2) is 0 Å². The van der Waals surface area contributed by atoms with Crippen LogP contribution in [0.2, 0.25) is 0 Å². The van der Waals surface area contributed by atoms with E-state index in [0.29, 0.717) is 18.4 Å². The van der Waals surface area contributed by atoms with Crippen LogP contribution in [-0.4, -0.2) is 30.2 Å². The lowest BCUT2D eigenvalue weighted by Gasteiger charge is -2.51. The van der Waals surface area contributed by atoms with Gasteiger partial charge < -0.3 is 9.74 Å². The number of oxime groups is 1. The molecule has 2 atom stereocenters. The first kappa shape index (κ1) is 11.5. The molecule has 1 aliphatic carbocycles. The SMILES string of the molecule is c1ccc(CON=C2C3CC4CC2CN(C4)C3)cc1. The van der Waals surface area contributed by atoms with Crippen LogP contribution in [0.3, 0.4) is 0 Å². The molecule has 3 heteroatoms. The Morgan fingerprint density at radius 3 is 2.47 bits per heavy atom. The Hall–Kier alpha value is -1.35. The van der Waals surface area contributed by atoms with Gasteiger partial charge in [0.1, 0.15) is 6.61 Å². The molecule has 4 fully saturated rings. The van der Waals surface area contributed by atoms with Gasteiger partial charge in [0.2, 0.25) is 0 Å². The van der Waals surface area contributed by atoms with Crippen molar-refractivity contribution in [3.05, 3.63) is 35.9 Å². The summed E-state index contributed by atoms with van der Waals surface area (Å²) < 4.78 is 0. The smallest absolute Gasteiger partial charge is 0.142 e. The maximum Gasteiger partial charge on any atom is 0.142 e. The monoisotopic (exact) mass is 256 g/mol.